The van der Waals surface area contributed by atoms with Gasteiger partial charge in [0.1, 0.15) is 10.2 Å². The molecule has 0 unspecified atom stereocenters. The van der Waals surface area contributed by atoms with Crippen molar-refractivity contribution in [3.05, 3.63) is 47.1 Å². The number of rotatable bonds is 4. The quantitative estimate of drug-likeness (QED) is 0.836. The zero-order valence-electron chi connectivity index (χ0n) is 11.8. The average molecular weight is 359 g/mol. The number of amides is 1. The van der Waals surface area contributed by atoms with Gasteiger partial charge in [0.25, 0.3) is 0 Å². The highest BCUT2D eigenvalue weighted by molar-refractivity contribution is 6.53. The third kappa shape index (κ3) is 2.71. The summed E-state index contributed by atoms with van der Waals surface area (Å²) in [5.41, 5.74) is 0.153. The van der Waals surface area contributed by atoms with Gasteiger partial charge in [-0.25, -0.2) is 4.68 Å². The molecule has 0 spiro atoms. The standard InChI is InChI=1S/C15H14Cl3N3O/c1-14(9-15(14,17)18)13(22)20-12-6-7-19-21(12)8-10-4-2-3-5-11(10)16/h2-7H,8-9H2,1H3,(H,20,22)/t14-/m0/s1. The Labute approximate surface area is 143 Å². The predicted molar refractivity (Wildman–Crippen MR) is 88.6 cm³/mol. The van der Waals surface area contributed by atoms with Crippen molar-refractivity contribution in [3.63, 3.8) is 0 Å². The molecular formula is C15H14Cl3N3O. The largest absolute Gasteiger partial charge is 0.310 e. The van der Waals surface area contributed by atoms with Crippen molar-refractivity contribution in [1.29, 1.82) is 0 Å². The number of benzene rings is 1. The molecule has 1 fully saturated rings. The number of carbonyl (C=O) groups excluding carboxylic acids is 1. The van der Waals surface area contributed by atoms with Crippen LogP contribution in [0.1, 0.15) is 18.9 Å². The Bertz CT molecular complexity index is 728. The first-order chi connectivity index (χ1) is 10.3. The van der Waals surface area contributed by atoms with E-state index in [2.05, 4.69) is 10.4 Å². The molecule has 1 aromatic carbocycles. The second-order valence-electron chi connectivity index (χ2n) is 5.63. The van der Waals surface area contributed by atoms with Crippen LogP contribution in [0.4, 0.5) is 5.82 Å². The Morgan fingerprint density at radius 2 is 2.05 bits per heavy atom. The monoisotopic (exact) mass is 357 g/mol. The number of nitrogens with one attached hydrogen (secondary N) is 1. The van der Waals surface area contributed by atoms with Gasteiger partial charge in [0.05, 0.1) is 18.2 Å². The van der Waals surface area contributed by atoms with Crippen LogP contribution in [0.5, 0.6) is 0 Å². The summed E-state index contributed by atoms with van der Waals surface area (Å²) in [6.45, 7) is 2.21. The van der Waals surface area contributed by atoms with E-state index in [-0.39, 0.29) is 5.91 Å². The van der Waals surface area contributed by atoms with E-state index in [0.29, 0.717) is 23.8 Å². The molecule has 3 rings (SSSR count). The van der Waals surface area contributed by atoms with Crippen LogP contribution in [0, 0.1) is 5.41 Å². The summed E-state index contributed by atoms with van der Waals surface area (Å²) in [4.78, 5) is 12.3. The molecule has 0 saturated heterocycles. The molecule has 1 N–H and O–H groups in total. The van der Waals surface area contributed by atoms with Crippen molar-refractivity contribution in [2.45, 2.75) is 24.2 Å². The van der Waals surface area contributed by atoms with Crippen LogP contribution in [-0.2, 0) is 11.3 Å². The second-order valence-corrected chi connectivity index (χ2v) is 7.52. The normalized spacial score (nSPS) is 22.4. The van der Waals surface area contributed by atoms with E-state index < -0.39 is 9.75 Å². The van der Waals surface area contributed by atoms with Gasteiger partial charge in [0.15, 0.2) is 0 Å². The number of hydrogen-bond acceptors (Lipinski definition) is 2. The minimum Gasteiger partial charge on any atom is -0.310 e. The molecule has 7 heteroatoms. The van der Waals surface area contributed by atoms with Crippen molar-refractivity contribution in [2.24, 2.45) is 5.41 Å². The molecule has 0 aliphatic heterocycles. The molecule has 0 bridgehead atoms. The van der Waals surface area contributed by atoms with Crippen LogP contribution in [0.25, 0.3) is 0 Å². The third-order valence-electron chi connectivity index (χ3n) is 4.00. The van der Waals surface area contributed by atoms with Gasteiger partial charge in [-0.15, -0.1) is 23.2 Å². The highest BCUT2D eigenvalue weighted by Crippen LogP contribution is 2.64. The lowest BCUT2D eigenvalue weighted by molar-refractivity contribution is -0.120. The molecular weight excluding hydrogens is 345 g/mol. The zero-order valence-corrected chi connectivity index (χ0v) is 14.1. The van der Waals surface area contributed by atoms with E-state index in [1.807, 2.05) is 24.3 Å². The van der Waals surface area contributed by atoms with Gasteiger partial charge in [-0.05, 0) is 25.0 Å². The SMILES string of the molecule is C[C@@]1(C(=O)Nc2ccnn2Cc2ccccc2Cl)CC1(Cl)Cl. The summed E-state index contributed by atoms with van der Waals surface area (Å²) in [5, 5.41) is 7.72. The van der Waals surface area contributed by atoms with Gasteiger partial charge < -0.3 is 5.32 Å². The number of carbonyl (C=O) groups is 1. The van der Waals surface area contributed by atoms with Crippen LogP contribution < -0.4 is 5.32 Å². The van der Waals surface area contributed by atoms with Gasteiger partial charge in [-0.2, -0.15) is 5.10 Å². The third-order valence-corrected chi connectivity index (χ3v) is 5.47. The van der Waals surface area contributed by atoms with Gasteiger partial charge in [-0.3, -0.25) is 4.79 Å². The van der Waals surface area contributed by atoms with E-state index in [0.717, 1.165) is 5.56 Å². The number of aromatic nitrogens is 2. The number of anilines is 1. The maximum absolute atomic E-state index is 12.3. The molecule has 1 heterocycles. The topological polar surface area (TPSA) is 46.9 Å². The maximum Gasteiger partial charge on any atom is 0.234 e. The lowest BCUT2D eigenvalue weighted by Crippen LogP contribution is -2.27. The molecule has 4 nitrogen and oxygen atoms in total. The van der Waals surface area contributed by atoms with E-state index in [1.54, 1.807) is 23.9 Å². The zero-order chi connectivity index (χ0) is 16.0. The van der Waals surface area contributed by atoms with Gasteiger partial charge >= 0.3 is 0 Å². The van der Waals surface area contributed by atoms with Crippen molar-refractivity contribution in [3.8, 4) is 0 Å². The van der Waals surface area contributed by atoms with Crippen LogP contribution in [0.3, 0.4) is 0 Å². The predicted octanol–water partition coefficient (Wildman–Crippen LogP) is 4.11. The highest BCUT2D eigenvalue weighted by atomic mass is 35.5. The van der Waals surface area contributed by atoms with Crippen molar-refractivity contribution >= 4 is 46.5 Å². The molecule has 1 atom stereocenters. The Morgan fingerprint density at radius 1 is 1.36 bits per heavy atom. The molecule has 2 aromatic rings. The first kappa shape index (κ1) is 15.7. The minimum atomic E-state index is -0.995. The molecule has 22 heavy (non-hydrogen) atoms. The smallest absolute Gasteiger partial charge is 0.234 e. The summed E-state index contributed by atoms with van der Waals surface area (Å²) in [5.74, 6) is 0.376. The molecule has 1 aromatic heterocycles. The lowest BCUT2D eigenvalue weighted by Gasteiger charge is -2.14. The van der Waals surface area contributed by atoms with E-state index in [4.69, 9.17) is 34.8 Å². The van der Waals surface area contributed by atoms with Gasteiger partial charge in [0, 0.05) is 11.1 Å². The number of halogens is 3. The number of alkyl halides is 2. The van der Waals surface area contributed by atoms with Crippen LogP contribution >= 0.6 is 34.8 Å². The van der Waals surface area contributed by atoms with E-state index in [9.17, 15) is 4.79 Å². The van der Waals surface area contributed by atoms with Crippen LogP contribution in [-0.4, -0.2) is 20.0 Å². The second kappa shape index (κ2) is 5.44. The fourth-order valence-electron chi connectivity index (χ4n) is 2.25. The fraction of sp³-hybridized carbons (Fsp3) is 0.333. The fourth-order valence-corrected chi connectivity index (χ4v) is 3.15. The van der Waals surface area contributed by atoms with Crippen LogP contribution in [0.15, 0.2) is 36.5 Å². The molecule has 0 radical (unpaired) electrons. The average Bonchev–Trinajstić information content (AvgIpc) is 2.80. The minimum absolute atomic E-state index is 0.210. The molecule has 1 aliphatic rings. The summed E-state index contributed by atoms with van der Waals surface area (Å²) in [7, 11) is 0. The van der Waals surface area contributed by atoms with Gasteiger partial charge in [-0.1, -0.05) is 29.8 Å². The Balaban J connectivity index is 1.76. The van der Waals surface area contributed by atoms with Gasteiger partial charge in [0.2, 0.25) is 5.91 Å². The number of nitrogens with zero attached hydrogens (tertiary/aromatic N) is 2. The van der Waals surface area contributed by atoms with E-state index in [1.165, 1.54) is 0 Å². The number of hydrogen-bond donors (Lipinski definition) is 1. The molecule has 1 amide bonds. The Morgan fingerprint density at radius 3 is 2.68 bits per heavy atom. The van der Waals surface area contributed by atoms with Crippen molar-refractivity contribution < 1.29 is 4.79 Å². The highest BCUT2D eigenvalue weighted by Gasteiger charge is 2.68. The molecule has 1 aliphatic carbocycles. The molecule has 1 saturated carbocycles. The Kier molecular flexibility index (Phi) is 3.87. The summed E-state index contributed by atoms with van der Waals surface area (Å²) < 4.78 is 0.680. The first-order valence-corrected chi connectivity index (χ1v) is 7.91. The first-order valence-electron chi connectivity index (χ1n) is 6.78. The summed E-state index contributed by atoms with van der Waals surface area (Å²) in [6.07, 6.45) is 2.06. The van der Waals surface area contributed by atoms with Crippen LogP contribution in [0.2, 0.25) is 5.02 Å². The van der Waals surface area contributed by atoms with E-state index >= 15 is 0 Å². The molecule has 116 valence electrons. The maximum atomic E-state index is 12.3. The Hall–Kier alpha value is -1.23. The summed E-state index contributed by atoms with van der Waals surface area (Å²) in [6, 6.07) is 9.24. The lowest BCUT2D eigenvalue weighted by atomic mass is 10.1. The van der Waals surface area contributed by atoms with Crippen molar-refractivity contribution in [2.75, 3.05) is 5.32 Å². The summed E-state index contributed by atoms with van der Waals surface area (Å²) >= 11 is 18.2. The van der Waals surface area contributed by atoms with Crippen molar-refractivity contribution in [1.82, 2.24) is 9.78 Å².